The van der Waals surface area contributed by atoms with E-state index >= 15 is 0 Å². The number of carbonyl (C=O) groups excluding carboxylic acids is 2. The summed E-state index contributed by atoms with van der Waals surface area (Å²) >= 11 is 0. The molecule has 2 heterocycles. The van der Waals surface area contributed by atoms with Gasteiger partial charge in [0.25, 0.3) is 0 Å². The number of amides is 2. The van der Waals surface area contributed by atoms with Crippen LogP contribution in [-0.4, -0.2) is 31.5 Å². The highest BCUT2D eigenvalue weighted by atomic mass is 16.5. The van der Waals surface area contributed by atoms with E-state index in [1.807, 2.05) is 18.2 Å². The molecule has 106 valence electrons. The van der Waals surface area contributed by atoms with Gasteiger partial charge in [-0.1, -0.05) is 6.07 Å². The van der Waals surface area contributed by atoms with Crippen molar-refractivity contribution in [3.63, 3.8) is 0 Å². The highest BCUT2D eigenvalue weighted by Gasteiger charge is 2.33. The van der Waals surface area contributed by atoms with E-state index in [0.717, 1.165) is 29.8 Å². The second-order valence-corrected chi connectivity index (χ2v) is 5.25. The van der Waals surface area contributed by atoms with E-state index in [9.17, 15) is 9.59 Å². The van der Waals surface area contributed by atoms with E-state index in [1.54, 1.807) is 12.0 Å². The molecule has 1 saturated heterocycles. The van der Waals surface area contributed by atoms with Gasteiger partial charge in [-0.3, -0.25) is 9.59 Å². The lowest BCUT2D eigenvalue weighted by Gasteiger charge is -2.31. The first kappa shape index (κ1) is 13.0. The molecule has 0 spiro atoms. The number of benzene rings is 1. The lowest BCUT2D eigenvalue weighted by Crippen LogP contribution is -2.46. The summed E-state index contributed by atoms with van der Waals surface area (Å²) < 4.78 is 5.24. The van der Waals surface area contributed by atoms with Gasteiger partial charge in [-0.05, 0) is 30.9 Å². The van der Waals surface area contributed by atoms with Crippen LogP contribution in [0.4, 0.5) is 5.69 Å². The van der Waals surface area contributed by atoms with E-state index in [2.05, 4.69) is 5.32 Å². The van der Waals surface area contributed by atoms with Crippen LogP contribution in [0.1, 0.15) is 24.8 Å². The van der Waals surface area contributed by atoms with Gasteiger partial charge in [-0.25, -0.2) is 0 Å². The van der Waals surface area contributed by atoms with Crippen molar-refractivity contribution >= 4 is 17.5 Å². The number of ether oxygens (including phenoxy) is 1. The number of nitrogens with zero attached hydrogens (tertiary/aromatic N) is 1. The predicted molar refractivity (Wildman–Crippen MR) is 74.8 cm³/mol. The number of hydrogen-bond donors (Lipinski definition) is 1. The molecule has 2 amide bonds. The van der Waals surface area contributed by atoms with Crippen LogP contribution >= 0.6 is 0 Å². The molecule has 2 aliphatic heterocycles. The molecule has 0 aromatic heterocycles. The first-order chi connectivity index (χ1) is 9.69. The van der Waals surface area contributed by atoms with E-state index < -0.39 is 0 Å². The van der Waals surface area contributed by atoms with Gasteiger partial charge in [-0.15, -0.1) is 0 Å². The van der Waals surface area contributed by atoms with Crippen molar-refractivity contribution in [1.29, 1.82) is 0 Å². The monoisotopic (exact) mass is 274 g/mol. The molecule has 2 aliphatic rings. The molecule has 0 radical (unpaired) electrons. The van der Waals surface area contributed by atoms with Crippen molar-refractivity contribution < 1.29 is 14.3 Å². The summed E-state index contributed by atoms with van der Waals surface area (Å²) in [5.74, 6) is 0.704. The number of aryl methyl sites for hydroxylation is 1. The third-order valence-electron chi connectivity index (χ3n) is 3.97. The number of fused-ring (bicyclic) bond motifs is 1. The topological polar surface area (TPSA) is 58.6 Å². The van der Waals surface area contributed by atoms with Crippen molar-refractivity contribution in [2.24, 2.45) is 0 Å². The summed E-state index contributed by atoms with van der Waals surface area (Å²) in [6.45, 7) is 0.700. The minimum atomic E-state index is -0.375. The summed E-state index contributed by atoms with van der Waals surface area (Å²) in [7, 11) is 1.62. The molecule has 0 bridgehead atoms. The van der Waals surface area contributed by atoms with Gasteiger partial charge in [0, 0.05) is 19.0 Å². The number of methoxy groups -OCH3 is 1. The quantitative estimate of drug-likeness (QED) is 0.883. The van der Waals surface area contributed by atoms with Crippen molar-refractivity contribution in [3.05, 3.63) is 23.8 Å². The van der Waals surface area contributed by atoms with Crippen molar-refractivity contribution in [2.75, 3.05) is 18.6 Å². The maximum absolute atomic E-state index is 12.6. The third-order valence-corrected chi connectivity index (χ3v) is 3.97. The average Bonchev–Trinajstić information content (AvgIpc) is 2.92. The Kier molecular flexibility index (Phi) is 3.34. The molecular formula is C15H18N2O3. The summed E-state index contributed by atoms with van der Waals surface area (Å²) in [5.41, 5.74) is 2.08. The average molecular weight is 274 g/mol. The lowest BCUT2D eigenvalue weighted by molar-refractivity contribution is -0.124. The van der Waals surface area contributed by atoms with E-state index in [1.165, 1.54) is 0 Å². The maximum Gasteiger partial charge on any atom is 0.249 e. The minimum absolute atomic E-state index is 0.00921. The summed E-state index contributed by atoms with van der Waals surface area (Å²) in [4.78, 5) is 25.7. The summed E-state index contributed by atoms with van der Waals surface area (Å²) in [5, 5.41) is 2.75. The van der Waals surface area contributed by atoms with Crippen LogP contribution in [-0.2, 0) is 16.0 Å². The van der Waals surface area contributed by atoms with E-state index in [4.69, 9.17) is 4.74 Å². The fourth-order valence-electron chi connectivity index (χ4n) is 2.90. The number of rotatable bonds is 2. The lowest BCUT2D eigenvalue weighted by atomic mass is 10.0. The van der Waals surface area contributed by atoms with Gasteiger partial charge < -0.3 is 15.0 Å². The zero-order valence-electron chi connectivity index (χ0n) is 11.5. The molecule has 5 nitrogen and oxygen atoms in total. The fraction of sp³-hybridized carbons (Fsp3) is 0.467. The largest absolute Gasteiger partial charge is 0.497 e. The number of hydrogen-bond acceptors (Lipinski definition) is 3. The maximum atomic E-state index is 12.6. The molecule has 1 aromatic carbocycles. The van der Waals surface area contributed by atoms with Gasteiger partial charge in [0.15, 0.2) is 0 Å². The first-order valence-electron chi connectivity index (χ1n) is 6.96. The molecule has 20 heavy (non-hydrogen) atoms. The zero-order chi connectivity index (χ0) is 14.1. The standard InChI is InChI=1S/C15H18N2O3/c1-20-11-5-4-10-3-2-8-17(13(10)9-11)15(19)12-6-7-14(18)16-12/h4-5,9,12H,2-3,6-8H2,1H3,(H,16,18). The van der Waals surface area contributed by atoms with Gasteiger partial charge in [0.05, 0.1) is 12.8 Å². The Labute approximate surface area is 117 Å². The Balaban J connectivity index is 1.88. The Morgan fingerprint density at radius 1 is 1.40 bits per heavy atom. The molecule has 1 aromatic rings. The molecule has 0 aliphatic carbocycles. The summed E-state index contributed by atoms with van der Waals surface area (Å²) in [6, 6.07) is 5.47. The van der Waals surface area contributed by atoms with Crippen LogP contribution in [0.2, 0.25) is 0 Å². The van der Waals surface area contributed by atoms with Gasteiger partial charge in [-0.2, -0.15) is 0 Å². The Hall–Kier alpha value is -2.04. The Bertz CT molecular complexity index is 556. The second kappa shape index (κ2) is 5.15. The molecule has 1 unspecified atom stereocenters. The molecule has 1 fully saturated rings. The molecule has 5 heteroatoms. The fourth-order valence-corrected chi connectivity index (χ4v) is 2.90. The number of anilines is 1. The highest BCUT2D eigenvalue weighted by molar-refractivity contribution is 6.01. The van der Waals surface area contributed by atoms with Crippen LogP contribution in [0.25, 0.3) is 0 Å². The van der Waals surface area contributed by atoms with Crippen molar-refractivity contribution in [3.8, 4) is 5.75 Å². The molecular weight excluding hydrogens is 256 g/mol. The van der Waals surface area contributed by atoms with Crippen molar-refractivity contribution in [1.82, 2.24) is 5.32 Å². The normalized spacial score (nSPS) is 21.4. The Morgan fingerprint density at radius 2 is 2.25 bits per heavy atom. The van der Waals surface area contributed by atoms with Gasteiger partial charge >= 0.3 is 0 Å². The van der Waals surface area contributed by atoms with E-state index in [0.29, 0.717) is 19.4 Å². The molecule has 3 rings (SSSR count). The van der Waals surface area contributed by atoms with E-state index in [-0.39, 0.29) is 17.9 Å². The van der Waals surface area contributed by atoms with Crippen LogP contribution in [0, 0.1) is 0 Å². The zero-order valence-corrected chi connectivity index (χ0v) is 11.5. The van der Waals surface area contributed by atoms with Gasteiger partial charge in [0.2, 0.25) is 11.8 Å². The van der Waals surface area contributed by atoms with Gasteiger partial charge in [0.1, 0.15) is 11.8 Å². The first-order valence-corrected chi connectivity index (χ1v) is 6.96. The second-order valence-electron chi connectivity index (χ2n) is 5.25. The third kappa shape index (κ3) is 2.24. The van der Waals surface area contributed by atoms with Crippen LogP contribution < -0.4 is 15.0 Å². The molecule has 1 atom stereocenters. The Morgan fingerprint density at radius 3 is 2.95 bits per heavy atom. The summed E-state index contributed by atoms with van der Waals surface area (Å²) in [6.07, 6.45) is 2.95. The van der Waals surface area contributed by atoms with Crippen LogP contribution in [0.15, 0.2) is 18.2 Å². The minimum Gasteiger partial charge on any atom is -0.497 e. The van der Waals surface area contributed by atoms with Crippen molar-refractivity contribution in [2.45, 2.75) is 31.7 Å². The van der Waals surface area contributed by atoms with Crippen LogP contribution in [0.3, 0.4) is 0 Å². The van der Waals surface area contributed by atoms with Crippen LogP contribution in [0.5, 0.6) is 5.75 Å². The highest BCUT2D eigenvalue weighted by Crippen LogP contribution is 2.31. The SMILES string of the molecule is COc1ccc2c(c1)N(C(=O)C1CCC(=O)N1)CCC2. The molecule has 0 saturated carbocycles. The molecule has 1 N–H and O–H groups in total. The number of nitrogens with one attached hydrogen (secondary N) is 1. The predicted octanol–water partition coefficient (Wildman–Crippen LogP) is 1.25. The number of carbonyl (C=O) groups is 2. The smallest absolute Gasteiger partial charge is 0.249 e.